The molecule has 0 atom stereocenters. The Hall–Kier alpha value is -1.69. The standard InChI is InChI=1S/C6H4FNO4/c7-4-2-1-3(5(9)8-4)6(10)12-11/h1-2,11H,(H,8,9). The summed E-state index contributed by atoms with van der Waals surface area (Å²) < 4.78 is 12.2. The van der Waals surface area contributed by atoms with Gasteiger partial charge in [-0.2, -0.15) is 9.65 Å². The van der Waals surface area contributed by atoms with Crippen LogP contribution in [-0.2, 0) is 4.89 Å². The number of carbonyl (C=O) groups excluding carboxylic acids is 1. The van der Waals surface area contributed by atoms with E-state index in [-0.39, 0.29) is 0 Å². The van der Waals surface area contributed by atoms with Crippen molar-refractivity contribution in [3.63, 3.8) is 0 Å². The molecule has 0 amide bonds. The number of hydrogen-bond acceptors (Lipinski definition) is 4. The lowest BCUT2D eigenvalue weighted by Gasteiger charge is -1.94. The molecule has 0 bridgehead atoms. The Bertz CT molecular complexity index is 359. The van der Waals surface area contributed by atoms with Crippen LogP contribution in [0.4, 0.5) is 4.39 Å². The number of nitrogens with one attached hydrogen (secondary N) is 1. The molecule has 0 saturated heterocycles. The number of carbonyl (C=O) groups is 1. The molecule has 0 aliphatic heterocycles. The second-order valence-corrected chi connectivity index (χ2v) is 1.93. The molecule has 0 fully saturated rings. The summed E-state index contributed by atoms with van der Waals surface area (Å²) in [5.41, 5.74) is -1.41. The molecular formula is C6H4FNO4. The van der Waals surface area contributed by atoms with Gasteiger partial charge < -0.3 is 0 Å². The van der Waals surface area contributed by atoms with Gasteiger partial charge >= 0.3 is 5.97 Å². The number of rotatable bonds is 1. The van der Waals surface area contributed by atoms with Gasteiger partial charge in [0, 0.05) is 0 Å². The van der Waals surface area contributed by atoms with Crippen molar-refractivity contribution in [3.8, 4) is 0 Å². The van der Waals surface area contributed by atoms with Crippen LogP contribution in [0.5, 0.6) is 0 Å². The highest BCUT2D eigenvalue weighted by atomic mass is 19.1. The molecule has 6 heteroatoms. The van der Waals surface area contributed by atoms with Crippen LogP contribution in [0.25, 0.3) is 0 Å². The zero-order valence-electron chi connectivity index (χ0n) is 5.70. The molecule has 5 nitrogen and oxygen atoms in total. The summed E-state index contributed by atoms with van der Waals surface area (Å²) in [6, 6.07) is 1.78. The van der Waals surface area contributed by atoms with Gasteiger partial charge in [0.15, 0.2) is 5.95 Å². The normalized spacial score (nSPS) is 9.50. The number of aromatic nitrogens is 1. The van der Waals surface area contributed by atoms with E-state index in [1.807, 2.05) is 0 Å². The number of halogens is 1. The number of aromatic amines is 1. The van der Waals surface area contributed by atoms with Gasteiger partial charge in [-0.25, -0.2) is 4.79 Å². The van der Waals surface area contributed by atoms with Crippen LogP contribution in [-0.4, -0.2) is 16.2 Å². The third-order valence-corrected chi connectivity index (χ3v) is 1.18. The summed E-state index contributed by atoms with van der Waals surface area (Å²) in [4.78, 5) is 26.3. The van der Waals surface area contributed by atoms with Gasteiger partial charge in [0.25, 0.3) is 5.56 Å². The zero-order valence-corrected chi connectivity index (χ0v) is 5.70. The van der Waals surface area contributed by atoms with E-state index in [2.05, 4.69) is 4.89 Å². The summed E-state index contributed by atoms with van der Waals surface area (Å²) in [7, 11) is 0. The molecule has 1 aromatic heterocycles. The highest BCUT2D eigenvalue weighted by Gasteiger charge is 2.11. The zero-order chi connectivity index (χ0) is 9.14. The van der Waals surface area contributed by atoms with Crippen molar-refractivity contribution in [2.45, 2.75) is 0 Å². The second-order valence-electron chi connectivity index (χ2n) is 1.93. The molecule has 0 spiro atoms. The Morgan fingerprint density at radius 1 is 1.58 bits per heavy atom. The molecule has 1 rings (SSSR count). The highest BCUT2D eigenvalue weighted by molar-refractivity contribution is 5.88. The Kier molecular flexibility index (Phi) is 2.20. The van der Waals surface area contributed by atoms with Crippen molar-refractivity contribution < 1.29 is 19.3 Å². The van der Waals surface area contributed by atoms with Crippen molar-refractivity contribution in [2.24, 2.45) is 0 Å². The Balaban J connectivity index is 3.19. The van der Waals surface area contributed by atoms with Crippen LogP contribution in [0.15, 0.2) is 16.9 Å². The van der Waals surface area contributed by atoms with E-state index >= 15 is 0 Å². The fourth-order valence-corrected chi connectivity index (χ4v) is 0.660. The quantitative estimate of drug-likeness (QED) is 0.359. The molecule has 0 saturated carbocycles. The van der Waals surface area contributed by atoms with Crippen LogP contribution in [0.1, 0.15) is 10.4 Å². The molecule has 1 aromatic rings. The van der Waals surface area contributed by atoms with Crippen LogP contribution >= 0.6 is 0 Å². The fourth-order valence-electron chi connectivity index (χ4n) is 0.660. The minimum absolute atomic E-state index is 0.459. The van der Waals surface area contributed by atoms with Gasteiger partial charge in [0.1, 0.15) is 5.56 Å². The maximum absolute atomic E-state index is 12.2. The lowest BCUT2D eigenvalue weighted by molar-refractivity contribution is -0.182. The molecule has 0 aliphatic rings. The van der Waals surface area contributed by atoms with E-state index in [4.69, 9.17) is 5.26 Å². The monoisotopic (exact) mass is 173 g/mol. The van der Waals surface area contributed by atoms with Gasteiger partial charge in [-0.05, 0) is 12.1 Å². The average Bonchev–Trinajstić information content (AvgIpc) is 2.03. The summed E-state index contributed by atoms with van der Waals surface area (Å²) in [5.74, 6) is -2.09. The summed E-state index contributed by atoms with van der Waals surface area (Å²) in [5, 5.41) is 7.89. The van der Waals surface area contributed by atoms with Gasteiger partial charge in [-0.1, -0.05) is 0 Å². The summed E-state index contributed by atoms with van der Waals surface area (Å²) >= 11 is 0. The molecule has 2 N–H and O–H groups in total. The topological polar surface area (TPSA) is 79.4 Å². The maximum Gasteiger partial charge on any atom is 0.378 e. The SMILES string of the molecule is O=C(OO)c1ccc(F)[nH]c1=O. The molecule has 0 aromatic carbocycles. The van der Waals surface area contributed by atoms with Crippen molar-refractivity contribution in [2.75, 3.05) is 0 Å². The summed E-state index contributed by atoms with van der Waals surface area (Å²) in [6.07, 6.45) is 0. The Labute approximate surface area is 65.3 Å². The Morgan fingerprint density at radius 3 is 2.75 bits per heavy atom. The lowest BCUT2D eigenvalue weighted by atomic mass is 10.3. The molecular weight excluding hydrogens is 169 g/mol. The maximum atomic E-state index is 12.2. The third-order valence-electron chi connectivity index (χ3n) is 1.18. The number of pyridine rings is 1. The minimum Gasteiger partial charge on any atom is -0.298 e. The first-order valence-corrected chi connectivity index (χ1v) is 2.89. The van der Waals surface area contributed by atoms with Crippen molar-refractivity contribution in [1.29, 1.82) is 0 Å². The van der Waals surface area contributed by atoms with E-state index in [0.717, 1.165) is 12.1 Å². The van der Waals surface area contributed by atoms with Crippen molar-refractivity contribution in [1.82, 2.24) is 4.98 Å². The van der Waals surface area contributed by atoms with Gasteiger partial charge in [-0.15, -0.1) is 0 Å². The molecule has 0 unspecified atom stereocenters. The van der Waals surface area contributed by atoms with Gasteiger partial charge in [0.2, 0.25) is 0 Å². The van der Waals surface area contributed by atoms with Crippen LogP contribution in [0.3, 0.4) is 0 Å². The summed E-state index contributed by atoms with van der Waals surface area (Å²) in [6.45, 7) is 0. The van der Waals surface area contributed by atoms with Gasteiger partial charge in [-0.3, -0.25) is 14.7 Å². The second kappa shape index (κ2) is 3.14. The largest absolute Gasteiger partial charge is 0.378 e. The molecule has 12 heavy (non-hydrogen) atoms. The van der Waals surface area contributed by atoms with E-state index in [0.29, 0.717) is 0 Å². The smallest absolute Gasteiger partial charge is 0.298 e. The van der Waals surface area contributed by atoms with E-state index in [9.17, 15) is 14.0 Å². The fraction of sp³-hybridized carbons (Fsp3) is 0. The molecule has 0 aliphatic carbocycles. The molecule has 1 heterocycles. The molecule has 0 radical (unpaired) electrons. The van der Waals surface area contributed by atoms with E-state index in [1.54, 1.807) is 4.98 Å². The first-order chi connectivity index (χ1) is 5.65. The van der Waals surface area contributed by atoms with Gasteiger partial charge in [0.05, 0.1) is 0 Å². The number of hydrogen-bond donors (Lipinski definition) is 2. The van der Waals surface area contributed by atoms with Crippen molar-refractivity contribution in [3.05, 3.63) is 34.0 Å². The van der Waals surface area contributed by atoms with Crippen LogP contribution in [0.2, 0.25) is 0 Å². The first-order valence-electron chi connectivity index (χ1n) is 2.89. The van der Waals surface area contributed by atoms with Crippen molar-refractivity contribution >= 4 is 5.97 Å². The minimum atomic E-state index is -1.23. The van der Waals surface area contributed by atoms with Crippen LogP contribution in [0, 0.1) is 5.95 Å². The van der Waals surface area contributed by atoms with Crippen LogP contribution < -0.4 is 5.56 Å². The third kappa shape index (κ3) is 1.48. The first kappa shape index (κ1) is 8.41. The van der Waals surface area contributed by atoms with E-state index in [1.165, 1.54) is 0 Å². The Morgan fingerprint density at radius 2 is 2.25 bits per heavy atom. The number of H-pyrrole nitrogens is 1. The molecule has 64 valence electrons. The lowest BCUT2D eigenvalue weighted by Crippen LogP contribution is -2.19. The predicted octanol–water partition coefficient (Wildman–Crippen LogP) is 0.144. The van der Waals surface area contributed by atoms with E-state index < -0.39 is 23.0 Å². The highest BCUT2D eigenvalue weighted by Crippen LogP contribution is 1.94. The predicted molar refractivity (Wildman–Crippen MR) is 35.1 cm³/mol. The average molecular weight is 173 g/mol.